The van der Waals surface area contributed by atoms with Gasteiger partial charge in [0.15, 0.2) is 0 Å². The number of methoxy groups -OCH3 is 1. The summed E-state index contributed by atoms with van der Waals surface area (Å²) >= 11 is 0. The smallest absolute Gasteiger partial charge is 0.126 e. The number of phenols is 3. The van der Waals surface area contributed by atoms with E-state index in [-0.39, 0.29) is 67.7 Å². The van der Waals surface area contributed by atoms with Gasteiger partial charge in [-0.25, -0.2) is 0 Å². The maximum atomic E-state index is 11.2. The predicted octanol–water partition coefficient (Wildman–Crippen LogP) is 7.01. The molecule has 3 N–H and O–H groups in total. The SMILES string of the molecule is COCc1cc2c(O)c(c1)COCc1cc(C(C)(C)C)cc(c1O)COCc1cc(C(C)(C)C)cc(c1O)COC2. The van der Waals surface area contributed by atoms with Gasteiger partial charge in [-0.05, 0) is 63.9 Å². The van der Waals surface area contributed by atoms with Gasteiger partial charge in [0.2, 0.25) is 0 Å². The van der Waals surface area contributed by atoms with Crippen LogP contribution in [0.1, 0.15) is 91.6 Å². The lowest BCUT2D eigenvalue weighted by atomic mass is 9.84. The standard InChI is InChI=1S/C34H44O7/c1-33(2,3)28-10-24-17-39-15-22-8-21(14-38-7)9-23(30(22)35)16-40-18-25-11-29(34(4,5)6)13-27(32(25)37)20-41-19-26(12-28)31(24)36/h8-13,35-37H,14-20H2,1-7H3. The van der Waals surface area contributed by atoms with Crippen molar-refractivity contribution >= 4 is 0 Å². The zero-order valence-electron chi connectivity index (χ0n) is 25.4. The fraction of sp³-hybridized carbons (Fsp3) is 0.471. The van der Waals surface area contributed by atoms with Crippen molar-refractivity contribution in [3.63, 3.8) is 0 Å². The van der Waals surface area contributed by atoms with Crippen LogP contribution in [-0.4, -0.2) is 22.4 Å². The van der Waals surface area contributed by atoms with Gasteiger partial charge >= 0.3 is 0 Å². The number of phenolic OH excluding ortho intramolecular Hbond substituents is 3. The van der Waals surface area contributed by atoms with Gasteiger partial charge in [0.05, 0.1) is 46.2 Å². The van der Waals surface area contributed by atoms with Crippen LogP contribution in [0.3, 0.4) is 0 Å². The van der Waals surface area contributed by atoms with Crippen LogP contribution < -0.4 is 0 Å². The minimum atomic E-state index is -0.163. The van der Waals surface area contributed by atoms with Gasteiger partial charge in [0.1, 0.15) is 17.2 Å². The molecule has 1 aliphatic heterocycles. The van der Waals surface area contributed by atoms with E-state index in [1.807, 2.05) is 36.4 Å². The van der Waals surface area contributed by atoms with Crippen LogP contribution in [-0.2, 0) is 76.0 Å². The molecular formula is C34H44O7. The number of ether oxygens (including phenoxy) is 4. The van der Waals surface area contributed by atoms with E-state index in [1.165, 1.54) is 0 Å². The molecule has 4 rings (SSSR count). The van der Waals surface area contributed by atoms with Crippen molar-refractivity contribution in [3.8, 4) is 17.2 Å². The Hall–Kier alpha value is -3.10. The highest BCUT2D eigenvalue weighted by Crippen LogP contribution is 2.36. The number of benzene rings is 3. The summed E-state index contributed by atoms with van der Waals surface area (Å²) in [5.41, 5.74) is 6.46. The van der Waals surface area contributed by atoms with Gasteiger partial charge < -0.3 is 34.3 Å². The molecule has 7 nitrogen and oxygen atoms in total. The summed E-state index contributed by atoms with van der Waals surface area (Å²) in [6, 6.07) is 11.6. The molecule has 0 unspecified atom stereocenters. The first-order valence-corrected chi connectivity index (χ1v) is 14.0. The Kier molecular flexibility index (Phi) is 9.34. The number of hydrogen-bond acceptors (Lipinski definition) is 7. The quantitative estimate of drug-likeness (QED) is 0.308. The van der Waals surface area contributed by atoms with Crippen molar-refractivity contribution in [3.05, 3.63) is 86.5 Å². The van der Waals surface area contributed by atoms with Crippen LogP contribution in [0, 0.1) is 0 Å². The molecule has 0 atom stereocenters. The molecule has 0 aliphatic carbocycles. The molecule has 222 valence electrons. The van der Waals surface area contributed by atoms with E-state index in [0.29, 0.717) is 40.0 Å². The van der Waals surface area contributed by atoms with Crippen molar-refractivity contribution in [1.29, 1.82) is 0 Å². The average Bonchev–Trinajstić information content (AvgIpc) is 2.88. The maximum Gasteiger partial charge on any atom is 0.126 e. The lowest BCUT2D eigenvalue weighted by molar-refractivity contribution is 0.0926. The van der Waals surface area contributed by atoms with Gasteiger partial charge in [0, 0.05) is 40.5 Å². The summed E-state index contributed by atoms with van der Waals surface area (Å²) in [5.74, 6) is 0.346. The summed E-state index contributed by atoms with van der Waals surface area (Å²) in [7, 11) is 1.62. The molecule has 3 aromatic rings. The van der Waals surface area contributed by atoms with Crippen molar-refractivity contribution < 1.29 is 34.3 Å². The maximum absolute atomic E-state index is 11.2. The van der Waals surface area contributed by atoms with Crippen LogP contribution in [0.25, 0.3) is 0 Å². The van der Waals surface area contributed by atoms with Gasteiger partial charge in [-0.15, -0.1) is 0 Å². The molecule has 7 heteroatoms. The lowest BCUT2D eigenvalue weighted by Gasteiger charge is -2.24. The van der Waals surface area contributed by atoms with Crippen molar-refractivity contribution in [2.24, 2.45) is 0 Å². The Labute approximate surface area is 243 Å². The van der Waals surface area contributed by atoms with Crippen LogP contribution in [0.5, 0.6) is 17.2 Å². The number of rotatable bonds is 2. The second-order valence-electron chi connectivity index (χ2n) is 13.0. The molecular weight excluding hydrogens is 520 g/mol. The molecule has 41 heavy (non-hydrogen) atoms. The fourth-order valence-corrected chi connectivity index (χ4v) is 4.94. The van der Waals surface area contributed by atoms with E-state index < -0.39 is 0 Å². The summed E-state index contributed by atoms with van der Waals surface area (Å²) in [6.45, 7) is 14.0. The highest BCUT2D eigenvalue weighted by atomic mass is 16.5. The van der Waals surface area contributed by atoms with E-state index in [1.54, 1.807) is 7.11 Å². The van der Waals surface area contributed by atoms with Crippen molar-refractivity contribution in [2.75, 3.05) is 7.11 Å². The Morgan fingerprint density at radius 1 is 0.537 bits per heavy atom. The van der Waals surface area contributed by atoms with Gasteiger partial charge in [-0.3, -0.25) is 0 Å². The Bertz CT molecular complexity index is 1280. The Morgan fingerprint density at radius 3 is 1.05 bits per heavy atom. The first-order valence-electron chi connectivity index (χ1n) is 14.0. The van der Waals surface area contributed by atoms with Crippen LogP contribution in [0.15, 0.2) is 36.4 Å². The molecule has 0 spiro atoms. The average molecular weight is 565 g/mol. The molecule has 0 saturated carbocycles. The summed E-state index contributed by atoms with van der Waals surface area (Å²) in [4.78, 5) is 0. The monoisotopic (exact) mass is 564 g/mol. The largest absolute Gasteiger partial charge is 0.507 e. The van der Waals surface area contributed by atoms with Crippen LogP contribution >= 0.6 is 0 Å². The summed E-state index contributed by atoms with van der Waals surface area (Å²) < 4.78 is 23.5. The topological polar surface area (TPSA) is 97.6 Å². The zero-order chi connectivity index (χ0) is 29.9. The number of fused-ring (bicyclic) bond motifs is 6. The van der Waals surface area contributed by atoms with Gasteiger partial charge in [-0.1, -0.05) is 41.5 Å². The van der Waals surface area contributed by atoms with E-state index in [0.717, 1.165) is 16.7 Å². The second-order valence-corrected chi connectivity index (χ2v) is 13.0. The van der Waals surface area contributed by atoms with E-state index in [2.05, 4.69) is 41.5 Å². The third-order valence-electron chi connectivity index (χ3n) is 7.45. The Morgan fingerprint density at radius 2 is 0.805 bits per heavy atom. The molecule has 0 radical (unpaired) electrons. The Balaban J connectivity index is 1.80. The highest BCUT2D eigenvalue weighted by Gasteiger charge is 2.22. The molecule has 0 amide bonds. The lowest BCUT2D eigenvalue weighted by Crippen LogP contribution is -2.14. The van der Waals surface area contributed by atoms with E-state index in [9.17, 15) is 15.3 Å². The molecule has 0 fully saturated rings. The first kappa shape index (κ1) is 30.8. The van der Waals surface area contributed by atoms with E-state index >= 15 is 0 Å². The predicted molar refractivity (Wildman–Crippen MR) is 158 cm³/mol. The minimum Gasteiger partial charge on any atom is -0.507 e. The third kappa shape index (κ3) is 7.41. The zero-order valence-corrected chi connectivity index (χ0v) is 25.4. The second kappa shape index (κ2) is 12.4. The molecule has 3 aromatic carbocycles. The number of aromatic hydroxyl groups is 3. The van der Waals surface area contributed by atoms with Gasteiger partial charge in [0.25, 0.3) is 0 Å². The highest BCUT2D eigenvalue weighted by molar-refractivity contribution is 5.47. The molecule has 0 saturated heterocycles. The van der Waals surface area contributed by atoms with Crippen molar-refractivity contribution in [2.45, 2.75) is 98.6 Å². The fourth-order valence-electron chi connectivity index (χ4n) is 4.94. The number of hydrogen-bond donors (Lipinski definition) is 3. The molecule has 0 aromatic heterocycles. The molecule has 1 aliphatic rings. The minimum absolute atomic E-state index is 0.0982. The molecule has 6 bridgehead atoms. The van der Waals surface area contributed by atoms with Crippen LogP contribution in [0.4, 0.5) is 0 Å². The normalized spacial score (nSPS) is 15.3. The summed E-state index contributed by atoms with van der Waals surface area (Å²) in [6.07, 6.45) is 0. The van der Waals surface area contributed by atoms with E-state index in [4.69, 9.17) is 18.9 Å². The third-order valence-corrected chi connectivity index (χ3v) is 7.45. The van der Waals surface area contributed by atoms with Crippen LogP contribution in [0.2, 0.25) is 0 Å². The van der Waals surface area contributed by atoms with Gasteiger partial charge in [-0.2, -0.15) is 0 Å². The summed E-state index contributed by atoms with van der Waals surface area (Å²) in [5, 5.41) is 33.5. The first-order chi connectivity index (χ1) is 19.3. The molecule has 1 heterocycles. The van der Waals surface area contributed by atoms with Crippen molar-refractivity contribution in [1.82, 2.24) is 0 Å².